The normalized spacial score (nSPS) is 10.8. The van der Waals surface area contributed by atoms with Crippen molar-refractivity contribution >= 4 is 23.7 Å². The summed E-state index contributed by atoms with van der Waals surface area (Å²) >= 11 is 1.14. The molecule has 0 spiro atoms. The van der Waals surface area contributed by atoms with Gasteiger partial charge in [-0.3, -0.25) is 0 Å². The minimum Gasteiger partial charge on any atom is -0.478 e. The van der Waals surface area contributed by atoms with Gasteiger partial charge < -0.3 is 14.7 Å². The Kier molecular flexibility index (Phi) is 10.2. The van der Waals surface area contributed by atoms with E-state index in [2.05, 4.69) is 51.1 Å². The average Bonchev–Trinajstić information content (AvgIpc) is 2.84. The molecule has 0 aliphatic rings. The molecule has 3 aromatic rings. The van der Waals surface area contributed by atoms with Gasteiger partial charge >= 0.3 is 11.9 Å². The summed E-state index contributed by atoms with van der Waals surface area (Å²) in [6, 6.07) is 23.8. The minimum atomic E-state index is -1.03. The van der Waals surface area contributed by atoms with Gasteiger partial charge in [0, 0.05) is 15.4 Å². The van der Waals surface area contributed by atoms with Crippen LogP contribution >= 0.6 is 11.8 Å². The van der Waals surface area contributed by atoms with Crippen molar-refractivity contribution in [1.29, 1.82) is 0 Å². The van der Waals surface area contributed by atoms with Crippen molar-refractivity contribution in [1.82, 2.24) is 0 Å². The Labute approximate surface area is 200 Å². The Balaban J connectivity index is 0.000000245. The molecule has 0 saturated carbocycles. The zero-order valence-corrected chi connectivity index (χ0v) is 20.2. The molecule has 0 fully saturated rings. The first-order valence-electron chi connectivity index (χ1n) is 11.1. The van der Waals surface area contributed by atoms with E-state index in [1.807, 2.05) is 0 Å². The fourth-order valence-electron chi connectivity index (χ4n) is 3.56. The van der Waals surface area contributed by atoms with Crippen LogP contribution in [0.15, 0.2) is 88.7 Å². The van der Waals surface area contributed by atoms with Gasteiger partial charge in [-0.2, -0.15) is 0 Å². The van der Waals surface area contributed by atoms with Gasteiger partial charge in [0.15, 0.2) is 0 Å². The van der Waals surface area contributed by atoms with Gasteiger partial charge in [-0.1, -0.05) is 66.4 Å². The first kappa shape index (κ1) is 26.2. The van der Waals surface area contributed by atoms with Gasteiger partial charge in [-0.25, -0.2) is 9.59 Å². The lowest BCUT2D eigenvalue weighted by molar-refractivity contribution is -0.936. The molecule has 0 bridgehead atoms. The lowest BCUT2D eigenvalue weighted by Gasteiger charge is -2.35. The van der Waals surface area contributed by atoms with Gasteiger partial charge in [0.1, 0.15) is 6.54 Å². The van der Waals surface area contributed by atoms with E-state index in [1.165, 1.54) is 48.4 Å². The van der Waals surface area contributed by atoms with E-state index in [1.54, 1.807) is 36.4 Å². The molecule has 0 saturated heterocycles. The Hall–Kier alpha value is -3.09. The highest BCUT2D eigenvalue weighted by Crippen LogP contribution is 2.32. The van der Waals surface area contributed by atoms with Crippen LogP contribution in [0.3, 0.4) is 0 Å². The molecular weight excluding hydrogens is 434 g/mol. The molecule has 33 heavy (non-hydrogen) atoms. The largest absolute Gasteiger partial charge is 0.478 e. The Morgan fingerprint density at radius 2 is 1.06 bits per heavy atom. The van der Waals surface area contributed by atoms with E-state index < -0.39 is 11.9 Å². The van der Waals surface area contributed by atoms with Crippen molar-refractivity contribution in [2.24, 2.45) is 0 Å². The average molecular weight is 467 g/mol. The monoisotopic (exact) mass is 466 g/mol. The van der Waals surface area contributed by atoms with Crippen molar-refractivity contribution in [3.63, 3.8) is 0 Å². The summed E-state index contributed by atoms with van der Waals surface area (Å²) in [7, 11) is 0. The summed E-state index contributed by atoms with van der Waals surface area (Å²) in [4.78, 5) is 23.2. The zero-order valence-electron chi connectivity index (χ0n) is 19.4. The van der Waals surface area contributed by atoms with Crippen LogP contribution in [0.25, 0.3) is 0 Å². The fourth-order valence-corrected chi connectivity index (χ4v) is 4.62. The number of hydrogen-bond donors (Lipinski definition) is 2. The molecular formula is C27H32NO4S+. The Bertz CT molecular complexity index is 985. The summed E-state index contributed by atoms with van der Waals surface area (Å²) < 4.78 is 1.20. The zero-order chi connectivity index (χ0) is 24.3. The van der Waals surface area contributed by atoms with Gasteiger partial charge in [-0.05, 0) is 45.0 Å². The second-order valence-electron chi connectivity index (χ2n) is 7.64. The SMILES string of the molecule is CC[N+](CC)(CC)Cc1ccccc1.O=C(O)c1ccccc1Sc1ccccc1C(=O)O. The maximum Gasteiger partial charge on any atom is 0.336 e. The van der Waals surface area contributed by atoms with Crippen LogP contribution in [0, 0.1) is 0 Å². The second kappa shape index (κ2) is 12.8. The minimum absolute atomic E-state index is 0.160. The van der Waals surface area contributed by atoms with Crippen molar-refractivity contribution in [2.75, 3.05) is 19.6 Å². The van der Waals surface area contributed by atoms with Crippen molar-refractivity contribution < 1.29 is 24.3 Å². The van der Waals surface area contributed by atoms with E-state index in [-0.39, 0.29) is 11.1 Å². The second-order valence-corrected chi connectivity index (χ2v) is 8.72. The maximum absolute atomic E-state index is 11.1. The number of carbonyl (C=O) groups is 2. The summed E-state index contributed by atoms with van der Waals surface area (Å²) in [5, 5.41) is 18.2. The number of benzene rings is 3. The van der Waals surface area contributed by atoms with Crippen LogP contribution in [0.5, 0.6) is 0 Å². The molecule has 0 aromatic heterocycles. The van der Waals surface area contributed by atoms with Crippen LogP contribution in [0.4, 0.5) is 0 Å². The Morgan fingerprint density at radius 3 is 1.45 bits per heavy atom. The number of carboxylic acids is 2. The predicted octanol–water partition coefficient (Wildman–Crippen LogP) is 6.30. The van der Waals surface area contributed by atoms with Crippen molar-refractivity contribution in [3.8, 4) is 0 Å². The number of quaternary nitrogens is 1. The number of hydrogen-bond acceptors (Lipinski definition) is 3. The van der Waals surface area contributed by atoms with E-state index in [0.29, 0.717) is 9.79 Å². The molecule has 6 heteroatoms. The van der Waals surface area contributed by atoms with Crippen LogP contribution in [-0.2, 0) is 6.54 Å². The summed E-state index contributed by atoms with van der Waals surface area (Å²) in [5.74, 6) is -2.06. The van der Waals surface area contributed by atoms with Crippen molar-refractivity contribution in [3.05, 3.63) is 95.6 Å². The third-order valence-electron chi connectivity index (χ3n) is 5.83. The highest BCUT2D eigenvalue weighted by molar-refractivity contribution is 7.99. The van der Waals surface area contributed by atoms with Crippen LogP contribution in [-0.4, -0.2) is 46.3 Å². The van der Waals surface area contributed by atoms with E-state index in [4.69, 9.17) is 10.2 Å². The highest BCUT2D eigenvalue weighted by atomic mass is 32.2. The quantitative estimate of drug-likeness (QED) is 0.362. The van der Waals surface area contributed by atoms with Crippen LogP contribution in [0.1, 0.15) is 47.1 Å². The number of rotatable bonds is 9. The molecule has 0 amide bonds. The van der Waals surface area contributed by atoms with Gasteiger partial charge in [-0.15, -0.1) is 0 Å². The lowest BCUT2D eigenvalue weighted by atomic mass is 10.2. The fraction of sp³-hybridized carbons (Fsp3) is 0.259. The molecule has 5 nitrogen and oxygen atoms in total. The number of nitrogens with zero attached hydrogens (tertiary/aromatic N) is 1. The summed E-state index contributed by atoms with van der Waals surface area (Å²) in [6.07, 6.45) is 0. The van der Waals surface area contributed by atoms with E-state index >= 15 is 0 Å². The summed E-state index contributed by atoms with van der Waals surface area (Å²) in [5.41, 5.74) is 1.78. The molecule has 174 valence electrons. The molecule has 0 unspecified atom stereocenters. The molecule has 0 radical (unpaired) electrons. The smallest absolute Gasteiger partial charge is 0.336 e. The van der Waals surface area contributed by atoms with Crippen molar-refractivity contribution in [2.45, 2.75) is 37.1 Å². The van der Waals surface area contributed by atoms with E-state index in [9.17, 15) is 9.59 Å². The van der Waals surface area contributed by atoms with E-state index in [0.717, 1.165) is 11.8 Å². The summed E-state index contributed by atoms with van der Waals surface area (Å²) in [6.45, 7) is 11.7. The number of carboxylic acid groups (broad SMARTS) is 2. The molecule has 0 atom stereocenters. The third kappa shape index (κ3) is 7.48. The molecule has 0 aliphatic carbocycles. The van der Waals surface area contributed by atoms with Gasteiger partial charge in [0.05, 0.1) is 30.8 Å². The van der Waals surface area contributed by atoms with Gasteiger partial charge in [0.2, 0.25) is 0 Å². The third-order valence-corrected chi connectivity index (χ3v) is 6.98. The first-order valence-corrected chi connectivity index (χ1v) is 11.9. The molecule has 0 aliphatic heterocycles. The molecule has 2 N–H and O–H groups in total. The molecule has 0 heterocycles. The molecule has 3 rings (SSSR count). The van der Waals surface area contributed by atoms with Crippen LogP contribution in [0.2, 0.25) is 0 Å². The predicted molar refractivity (Wildman–Crippen MR) is 133 cm³/mol. The van der Waals surface area contributed by atoms with Gasteiger partial charge in [0.25, 0.3) is 0 Å². The van der Waals surface area contributed by atoms with Crippen LogP contribution < -0.4 is 0 Å². The lowest BCUT2D eigenvalue weighted by Crippen LogP contribution is -2.46. The topological polar surface area (TPSA) is 74.6 Å². The maximum atomic E-state index is 11.1. The molecule has 3 aromatic carbocycles. The first-order chi connectivity index (χ1) is 15.9. The standard InChI is InChI=1S/C14H10O4S.C13H22N/c15-13(16)9-5-1-3-7-11(9)19-12-8-4-2-6-10(12)14(17)18;1-4-14(5-2,6-3)12-13-10-8-7-9-11-13/h1-8H,(H,15,16)(H,17,18);7-11H,4-6,12H2,1-3H3/q;+1. The highest BCUT2D eigenvalue weighted by Gasteiger charge is 2.20. The Morgan fingerprint density at radius 1 is 0.667 bits per heavy atom. The number of aromatic carboxylic acids is 2.